The van der Waals surface area contributed by atoms with Crippen LogP contribution in [0.25, 0.3) is 10.1 Å². The highest BCUT2D eigenvalue weighted by atomic mass is 32.1. The van der Waals surface area contributed by atoms with Gasteiger partial charge < -0.3 is 10.1 Å². The van der Waals surface area contributed by atoms with E-state index in [4.69, 9.17) is 4.74 Å². The number of nitrogens with one attached hydrogen (secondary N) is 1. The van der Waals surface area contributed by atoms with Crippen molar-refractivity contribution in [1.82, 2.24) is 9.78 Å². The zero-order valence-electron chi connectivity index (χ0n) is 12.4. The van der Waals surface area contributed by atoms with Gasteiger partial charge in [-0.1, -0.05) is 18.2 Å². The second-order valence-corrected chi connectivity index (χ2v) is 6.90. The SMILES string of the molecule is c1ccc2sc(CNc3ccnn3CC3CCOC3)cc2c1. The highest BCUT2D eigenvalue weighted by molar-refractivity contribution is 7.19. The number of hydrogen-bond donors (Lipinski definition) is 1. The molecule has 3 aromatic rings. The predicted octanol–water partition coefficient (Wildman–Crippen LogP) is 3.75. The molecule has 1 aliphatic rings. The van der Waals surface area contributed by atoms with Crippen LogP contribution in [0.3, 0.4) is 0 Å². The average Bonchev–Trinajstić information content (AvgIpc) is 3.26. The number of anilines is 1. The smallest absolute Gasteiger partial charge is 0.124 e. The van der Waals surface area contributed by atoms with E-state index in [2.05, 4.69) is 45.4 Å². The number of benzene rings is 1. The molecule has 0 aliphatic carbocycles. The molecule has 0 saturated carbocycles. The van der Waals surface area contributed by atoms with Crippen molar-refractivity contribution in [3.05, 3.63) is 47.5 Å². The van der Waals surface area contributed by atoms with Crippen molar-refractivity contribution in [3.63, 3.8) is 0 Å². The normalized spacial score (nSPS) is 18.1. The van der Waals surface area contributed by atoms with Crippen LogP contribution >= 0.6 is 11.3 Å². The van der Waals surface area contributed by atoms with Crippen LogP contribution in [0.5, 0.6) is 0 Å². The minimum Gasteiger partial charge on any atom is -0.381 e. The molecule has 1 unspecified atom stereocenters. The third-order valence-electron chi connectivity index (χ3n) is 4.09. The molecule has 2 aromatic heterocycles. The van der Waals surface area contributed by atoms with Gasteiger partial charge in [0.25, 0.3) is 0 Å². The third kappa shape index (κ3) is 2.87. The zero-order valence-corrected chi connectivity index (χ0v) is 13.2. The molecule has 4 nitrogen and oxygen atoms in total. The highest BCUT2D eigenvalue weighted by Gasteiger charge is 2.17. The van der Waals surface area contributed by atoms with Gasteiger partial charge in [-0.15, -0.1) is 11.3 Å². The monoisotopic (exact) mass is 313 g/mol. The Kier molecular flexibility index (Phi) is 3.83. The van der Waals surface area contributed by atoms with Gasteiger partial charge in [-0.25, -0.2) is 4.68 Å². The number of fused-ring (bicyclic) bond motifs is 1. The molecule has 1 atom stereocenters. The van der Waals surface area contributed by atoms with Crippen LogP contribution in [0.2, 0.25) is 0 Å². The van der Waals surface area contributed by atoms with Crippen molar-refractivity contribution in [3.8, 4) is 0 Å². The van der Waals surface area contributed by atoms with Crippen LogP contribution in [-0.2, 0) is 17.8 Å². The van der Waals surface area contributed by atoms with Gasteiger partial charge in [0.2, 0.25) is 0 Å². The molecule has 3 heterocycles. The van der Waals surface area contributed by atoms with Gasteiger partial charge in [0.1, 0.15) is 5.82 Å². The molecule has 1 fully saturated rings. The number of rotatable bonds is 5. The average molecular weight is 313 g/mol. The predicted molar refractivity (Wildman–Crippen MR) is 90.3 cm³/mol. The van der Waals surface area contributed by atoms with E-state index in [9.17, 15) is 0 Å². The first kappa shape index (κ1) is 13.8. The molecule has 4 rings (SSSR count). The van der Waals surface area contributed by atoms with Crippen LogP contribution in [0.4, 0.5) is 5.82 Å². The quantitative estimate of drug-likeness (QED) is 0.780. The first-order valence-electron chi connectivity index (χ1n) is 7.69. The summed E-state index contributed by atoms with van der Waals surface area (Å²) in [5, 5.41) is 9.27. The van der Waals surface area contributed by atoms with E-state index >= 15 is 0 Å². The summed E-state index contributed by atoms with van der Waals surface area (Å²) in [6, 6.07) is 12.8. The molecule has 1 aliphatic heterocycles. The minimum absolute atomic E-state index is 0.588. The minimum atomic E-state index is 0.588. The molecule has 1 N–H and O–H groups in total. The van der Waals surface area contributed by atoms with Gasteiger partial charge in [0, 0.05) is 34.7 Å². The largest absolute Gasteiger partial charge is 0.381 e. The van der Waals surface area contributed by atoms with Crippen molar-refractivity contribution in [2.45, 2.75) is 19.5 Å². The molecule has 0 spiro atoms. The van der Waals surface area contributed by atoms with E-state index in [1.165, 1.54) is 15.0 Å². The Morgan fingerprint density at radius 1 is 1.32 bits per heavy atom. The van der Waals surface area contributed by atoms with Gasteiger partial charge in [-0.2, -0.15) is 5.10 Å². The van der Waals surface area contributed by atoms with Crippen molar-refractivity contribution < 1.29 is 4.74 Å². The molecule has 1 aromatic carbocycles. The maximum atomic E-state index is 5.45. The third-order valence-corrected chi connectivity index (χ3v) is 5.21. The fraction of sp³-hybridized carbons (Fsp3) is 0.353. The highest BCUT2D eigenvalue weighted by Crippen LogP contribution is 2.26. The number of thiophene rings is 1. The fourth-order valence-corrected chi connectivity index (χ4v) is 3.91. The molecule has 1 saturated heterocycles. The lowest BCUT2D eigenvalue weighted by molar-refractivity contribution is 0.181. The summed E-state index contributed by atoms with van der Waals surface area (Å²) < 4.78 is 8.85. The Labute approximate surface area is 133 Å². The van der Waals surface area contributed by atoms with E-state index in [0.29, 0.717) is 5.92 Å². The van der Waals surface area contributed by atoms with Gasteiger partial charge >= 0.3 is 0 Å². The maximum absolute atomic E-state index is 5.45. The Morgan fingerprint density at radius 2 is 2.27 bits per heavy atom. The maximum Gasteiger partial charge on any atom is 0.124 e. The van der Waals surface area contributed by atoms with Gasteiger partial charge in [-0.3, -0.25) is 0 Å². The molecular weight excluding hydrogens is 294 g/mol. The van der Waals surface area contributed by atoms with Crippen molar-refractivity contribution in [2.75, 3.05) is 18.5 Å². The summed E-state index contributed by atoms with van der Waals surface area (Å²) in [4.78, 5) is 1.35. The molecule has 0 bridgehead atoms. The Morgan fingerprint density at radius 3 is 3.14 bits per heavy atom. The Balaban J connectivity index is 1.44. The van der Waals surface area contributed by atoms with Gasteiger partial charge in [0.05, 0.1) is 19.3 Å². The van der Waals surface area contributed by atoms with E-state index in [1.807, 2.05) is 23.6 Å². The number of aromatic nitrogens is 2. The van der Waals surface area contributed by atoms with E-state index < -0.39 is 0 Å². The second-order valence-electron chi connectivity index (χ2n) is 5.73. The second kappa shape index (κ2) is 6.10. The summed E-state index contributed by atoms with van der Waals surface area (Å²) in [5.74, 6) is 1.68. The Bertz CT molecular complexity index is 725. The van der Waals surface area contributed by atoms with Crippen molar-refractivity contribution >= 4 is 27.2 Å². The number of hydrogen-bond acceptors (Lipinski definition) is 4. The number of ether oxygens (including phenoxy) is 1. The summed E-state index contributed by atoms with van der Waals surface area (Å²) in [5.41, 5.74) is 0. The standard InChI is InChI=1S/C17H19N3OS/c1-2-4-16-14(3-1)9-15(22-16)10-18-17-5-7-19-20(17)11-13-6-8-21-12-13/h1-5,7,9,13,18H,6,8,10-12H2. The number of nitrogens with zero attached hydrogens (tertiary/aromatic N) is 2. The first-order valence-corrected chi connectivity index (χ1v) is 8.51. The zero-order chi connectivity index (χ0) is 14.8. The van der Waals surface area contributed by atoms with Gasteiger partial charge in [-0.05, 0) is 23.9 Å². The summed E-state index contributed by atoms with van der Waals surface area (Å²) in [7, 11) is 0. The van der Waals surface area contributed by atoms with E-state index in [-0.39, 0.29) is 0 Å². The molecule has 5 heteroatoms. The van der Waals surface area contributed by atoms with Crippen LogP contribution < -0.4 is 5.32 Å². The lowest BCUT2D eigenvalue weighted by Crippen LogP contribution is -2.14. The topological polar surface area (TPSA) is 39.1 Å². The van der Waals surface area contributed by atoms with Crippen molar-refractivity contribution in [1.29, 1.82) is 0 Å². The van der Waals surface area contributed by atoms with Crippen LogP contribution in [-0.4, -0.2) is 23.0 Å². The summed E-state index contributed by atoms with van der Waals surface area (Å²) in [6.45, 7) is 3.51. The molecule has 0 amide bonds. The van der Waals surface area contributed by atoms with Crippen LogP contribution in [0, 0.1) is 5.92 Å². The van der Waals surface area contributed by atoms with Crippen molar-refractivity contribution in [2.24, 2.45) is 5.92 Å². The summed E-state index contributed by atoms with van der Waals surface area (Å²) in [6.07, 6.45) is 3.00. The van der Waals surface area contributed by atoms with Crippen LogP contribution in [0.15, 0.2) is 42.6 Å². The Hall–Kier alpha value is -1.85. The van der Waals surface area contributed by atoms with E-state index in [1.54, 1.807) is 0 Å². The molecule has 22 heavy (non-hydrogen) atoms. The summed E-state index contributed by atoms with van der Waals surface area (Å²) >= 11 is 1.85. The lowest BCUT2D eigenvalue weighted by atomic mass is 10.1. The van der Waals surface area contributed by atoms with E-state index in [0.717, 1.165) is 38.5 Å². The first-order chi connectivity index (χ1) is 10.9. The molecule has 114 valence electrons. The molecule has 0 radical (unpaired) electrons. The van der Waals surface area contributed by atoms with Crippen LogP contribution in [0.1, 0.15) is 11.3 Å². The molecular formula is C17H19N3OS. The lowest BCUT2D eigenvalue weighted by Gasteiger charge is -2.12. The van der Waals surface area contributed by atoms with Gasteiger partial charge in [0.15, 0.2) is 0 Å². The fourth-order valence-electron chi connectivity index (χ4n) is 2.90.